The molecule has 12 rings (SSSR count). The molecule has 1 aromatic heterocycles. The Morgan fingerprint density at radius 3 is 2.21 bits per heavy atom. The van der Waals surface area contributed by atoms with Crippen molar-refractivity contribution >= 4 is 78.4 Å². The summed E-state index contributed by atoms with van der Waals surface area (Å²) in [6.45, 7) is 6.43. The number of fused-ring (bicyclic) bond motifs is 8. The Kier molecular flexibility index (Phi) is 7.05. The maximum atomic E-state index is 5.75. The van der Waals surface area contributed by atoms with E-state index >= 15 is 0 Å². The van der Waals surface area contributed by atoms with Crippen LogP contribution in [0.5, 0.6) is 0 Å². The summed E-state index contributed by atoms with van der Waals surface area (Å²) in [5.41, 5.74) is 15.3. The van der Waals surface area contributed by atoms with Crippen molar-refractivity contribution < 1.29 is 0 Å². The Morgan fingerprint density at radius 2 is 1.35 bits per heavy atom. The predicted molar refractivity (Wildman–Crippen MR) is 243 cm³/mol. The van der Waals surface area contributed by atoms with Gasteiger partial charge >= 0.3 is 0 Å². The highest BCUT2D eigenvalue weighted by atomic mass is 32.2. The van der Waals surface area contributed by atoms with Crippen molar-refractivity contribution in [2.75, 3.05) is 0 Å². The number of hydrogen-bond donors (Lipinski definition) is 0. The number of nitrogens with zero attached hydrogens (tertiary/aromatic N) is 3. The van der Waals surface area contributed by atoms with Crippen LogP contribution in [0.3, 0.4) is 0 Å². The lowest BCUT2D eigenvalue weighted by atomic mass is 9.86. The average Bonchev–Trinajstić information content (AvgIpc) is 3.78. The van der Waals surface area contributed by atoms with Gasteiger partial charge in [-0.15, -0.1) is 11.8 Å². The van der Waals surface area contributed by atoms with Gasteiger partial charge in [0, 0.05) is 26.8 Å². The fraction of sp³-hybridized carbons (Fsp3) is 0.0566. The van der Waals surface area contributed by atoms with Crippen molar-refractivity contribution in [2.24, 2.45) is 9.98 Å². The van der Waals surface area contributed by atoms with Crippen LogP contribution in [-0.4, -0.2) is 21.5 Å². The van der Waals surface area contributed by atoms with Crippen LogP contribution in [0.15, 0.2) is 185 Å². The zero-order chi connectivity index (χ0) is 37.8. The summed E-state index contributed by atoms with van der Waals surface area (Å²) in [6.07, 6.45) is 4.27. The second kappa shape index (κ2) is 12.4. The minimum absolute atomic E-state index is 0.0392. The van der Waals surface area contributed by atoms with Crippen LogP contribution in [-0.2, 0) is 0 Å². The molecule has 4 heteroatoms. The molecule has 2 unspecified atom stereocenters. The van der Waals surface area contributed by atoms with Gasteiger partial charge in [-0.2, -0.15) is 0 Å². The zero-order valence-corrected chi connectivity index (χ0v) is 32.1. The monoisotopic (exact) mass is 745 g/mol. The molecule has 3 aliphatic rings. The molecule has 268 valence electrons. The van der Waals surface area contributed by atoms with Crippen molar-refractivity contribution in [1.29, 1.82) is 0 Å². The van der Waals surface area contributed by atoms with E-state index in [9.17, 15) is 0 Å². The van der Waals surface area contributed by atoms with Gasteiger partial charge in [-0.1, -0.05) is 152 Å². The van der Waals surface area contributed by atoms with Gasteiger partial charge in [-0.3, -0.25) is 4.57 Å². The predicted octanol–water partition coefficient (Wildman–Crippen LogP) is 13.8. The third-order valence-corrected chi connectivity index (χ3v) is 13.6. The van der Waals surface area contributed by atoms with E-state index in [1.165, 1.54) is 87.3 Å². The van der Waals surface area contributed by atoms with Crippen molar-refractivity contribution in [1.82, 2.24) is 4.57 Å². The lowest BCUT2D eigenvalue weighted by Crippen LogP contribution is -2.30. The van der Waals surface area contributed by atoms with Gasteiger partial charge in [0.25, 0.3) is 0 Å². The number of rotatable bonds is 3. The first-order valence-electron chi connectivity index (χ1n) is 19.6. The molecule has 0 fully saturated rings. The van der Waals surface area contributed by atoms with E-state index in [1.807, 2.05) is 17.8 Å². The fourth-order valence-corrected chi connectivity index (χ4v) is 11.2. The van der Waals surface area contributed by atoms with Gasteiger partial charge in [-0.05, 0) is 97.3 Å². The number of hydrogen-bond acceptors (Lipinski definition) is 3. The largest absolute Gasteiger partial charge is 0.278 e. The minimum Gasteiger partial charge on any atom is -0.278 e. The van der Waals surface area contributed by atoms with Crippen LogP contribution in [0.2, 0.25) is 0 Å². The molecule has 0 saturated carbocycles. The van der Waals surface area contributed by atoms with Crippen molar-refractivity contribution in [3.63, 3.8) is 0 Å². The van der Waals surface area contributed by atoms with Crippen molar-refractivity contribution in [2.45, 2.75) is 23.1 Å². The molecule has 0 amide bonds. The van der Waals surface area contributed by atoms with Crippen LogP contribution < -0.4 is 0 Å². The Hall–Kier alpha value is -6.75. The van der Waals surface area contributed by atoms with E-state index < -0.39 is 0 Å². The summed E-state index contributed by atoms with van der Waals surface area (Å²) in [7, 11) is 0. The molecule has 3 nitrogen and oxygen atoms in total. The topological polar surface area (TPSA) is 29.6 Å². The van der Waals surface area contributed by atoms with E-state index in [4.69, 9.17) is 9.98 Å². The van der Waals surface area contributed by atoms with Gasteiger partial charge in [0.15, 0.2) is 0 Å². The summed E-state index contributed by atoms with van der Waals surface area (Å²) in [5.74, 6) is 0.721. The molecule has 1 aliphatic carbocycles. The molecule has 0 saturated heterocycles. The van der Waals surface area contributed by atoms with Crippen LogP contribution >= 0.6 is 11.8 Å². The summed E-state index contributed by atoms with van der Waals surface area (Å²) in [5, 5.41) is 7.41. The van der Waals surface area contributed by atoms with E-state index in [2.05, 4.69) is 182 Å². The minimum atomic E-state index is -0.0902. The van der Waals surface area contributed by atoms with Crippen LogP contribution in [0.25, 0.3) is 77.3 Å². The Balaban J connectivity index is 1.22. The number of benzene rings is 8. The van der Waals surface area contributed by atoms with Gasteiger partial charge < -0.3 is 0 Å². The molecular weight excluding hydrogens is 711 g/mol. The van der Waals surface area contributed by atoms with E-state index in [1.54, 1.807) is 0 Å². The second-order valence-corrected chi connectivity index (χ2v) is 16.3. The number of thioether (sulfide) groups is 1. The normalized spacial score (nSPS) is 17.5. The van der Waals surface area contributed by atoms with Crippen LogP contribution in [0.1, 0.15) is 40.8 Å². The zero-order valence-electron chi connectivity index (χ0n) is 31.3. The fourth-order valence-electron chi connectivity index (χ4n) is 9.86. The Labute approximate surface area is 335 Å². The molecular formula is C53H35N3S. The summed E-state index contributed by atoms with van der Waals surface area (Å²) in [4.78, 5) is 12.7. The van der Waals surface area contributed by atoms with Crippen molar-refractivity contribution in [3.05, 3.63) is 198 Å². The van der Waals surface area contributed by atoms with Crippen LogP contribution in [0.4, 0.5) is 0 Å². The first kappa shape index (κ1) is 32.5. The van der Waals surface area contributed by atoms with Gasteiger partial charge in [0.05, 0.1) is 28.0 Å². The second-order valence-electron chi connectivity index (χ2n) is 15.1. The molecule has 9 aromatic rings. The lowest BCUT2D eigenvalue weighted by molar-refractivity contribution is 0.765. The lowest BCUT2D eigenvalue weighted by Gasteiger charge is -2.26. The standard InChI is InChI=1S/C53H35N3S/c1-3-31-19-14-25-41-46(31)34(4-2)39-24-15-26-43-48(39)49-44(29-28-36(47(41)49)32-16-6-5-7-17-32)56(43)53-54-50-40-23-12-13-27-45(40)57-52(50)51(55-53)42-30-33-18-8-9-20-35(33)37-21-10-11-22-38(37)42/h3-30,50,52H,1H2,2H3/b34-4-. The van der Waals surface area contributed by atoms with Crippen molar-refractivity contribution in [3.8, 4) is 22.3 Å². The third-order valence-electron chi connectivity index (χ3n) is 12.2. The van der Waals surface area contributed by atoms with Gasteiger partial charge in [-0.25, -0.2) is 9.98 Å². The highest BCUT2D eigenvalue weighted by Crippen LogP contribution is 2.53. The molecule has 2 aliphatic heterocycles. The molecule has 57 heavy (non-hydrogen) atoms. The maximum Gasteiger partial charge on any atom is 0.230 e. The summed E-state index contributed by atoms with van der Waals surface area (Å²) in [6, 6.07) is 57.4. The van der Waals surface area contributed by atoms with E-state index in [0.29, 0.717) is 0 Å². The van der Waals surface area contributed by atoms with Gasteiger partial charge in [0.2, 0.25) is 5.96 Å². The number of allylic oxidation sites excluding steroid dienone is 1. The Morgan fingerprint density at radius 1 is 0.614 bits per heavy atom. The number of aromatic nitrogens is 1. The maximum absolute atomic E-state index is 5.75. The van der Waals surface area contributed by atoms with E-state index in [-0.39, 0.29) is 11.3 Å². The molecule has 2 atom stereocenters. The average molecular weight is 746 g/mol. The summed E-state index contributed by atoms with van der Waals surface area (Å²) < 4.78 is 2.35. The SMILES string of the molecule is C=Cc1cccc2c1/C(=C\C)c1cccc3c1c1c-2c(-c2ccccc2)ccc1n3C1=NC2c3ccccc3SC2C(c2cc3ccccc3c3ccccc23)=N1. The molecule has 0 spiro atoms. The molecule has 0 N–H and O–H groups in total. The number of aliphatic imine (C=N–C) groups is 2. The molecule has 0 radical (unpaired) electrons. The van der Waals surface area contributed by atoms with Crippen LogP contribution in [0, 0.1) is 0 Å². The molecule has 0 bridgehead atoms. The Bertz CT molecular complexity index is 3310. The van der Waals surface area contributed by atoms with Gasteiger partial charge in [0.1, 0.15) is 0 Å². The third kappa shape index (κ3) is 4.56. The van der Waals surface area contributed by atoms with E-state index in [0.717, 1.165) is 28.3 Å². The molecule has 3 heterocycles. The smallest absolute Gasteiger partial charge is 0.230 e. The quantitative estimate of drug-likeness (QED) is 0.166. The first-order valence-corrected chi connectivity index (χ1v) is 20.5. The highest BCUT2D eigenvalue weighted by Gasteiger charge is 2.41. The highest BCUT2D eigenvalue weighted by molar-refractivity contribution is 8.01. The molecule has 8 aromatic carbocycles. The summed E-state index contributed by atoms with van der Waals surface area (Å²) >= 11 is 1.90. The first-order chi connectivity index (χ1) is 28.2.